The molecule has 0 aliphatic rings. The molecule has 196 valence electrons. The number of alkyl halides is 3. The van der Waals surface area contributed by atoms with Crippen molar-refractivity contribution in [3.05, 3.63) is 86.7 Å². The van der Waals surface area contributed by atoms with Gasteiger partial charge >= 0.3 is 11.9 Å². The van der Waals surface area contributed by atoms with Crippen molar-refractivity contribution in [2.24, 2.45) is 0 Å². The summed E-state index contributed by atoms with van der Waals surface area (Å²) < 4.78 is 55.9. The van der Waals surface area contributed by atoms with Crippen LogP contribution in [0.4, 0.5) is 17.6 Å². The lowest BCUT2D eigenvalue weighted by Crippen LogP contribution is -2.37. The van der Waals surface area contributed by atoms with E-state index in [4.69, 9.17) is 23.2 Å². The average molecular weight is 560 g/mol. The fourth-order valence-corrected chi connectivity index (χ4v) is 3.91. The molecule has 2 atom stereocenters. The highest BCUT2D eigenvalue weighted by Gasteiger charge is 2.39. The molecule has 0 bridgehead atoms. The van der Waals surface area contributed by atoms with Crippen molar-refractivity contribution < 1.29 is 27.8 Å². The Morgan fingerprint density at radius 2 is 1.76 bits per heavy atom. The third-order valence-corrected chi connectivity index (χ3v) is 5.97. The van der Waals surface area contributed by atoms with E-state index in [9.17, 15) is 32.6 Å². The van der Waals surface area contributed by atoms with Crippen molar-refractivity contribution >= 4 is 23.2 Å². The summed E-state index contributed by atoms with van der Waals surface area (Å²) in [4.78, 5) is 17.4. The molecule has 0 radical (unpaired) electrons. The molecule has 8 nitrogen and oxygen atoms in total. The molecule has 2 N–H and O–H groups in total. The number of hydrogen-bond donors (Lipinski definition) is 2. The van der Waals surface area contributed by atoms with Crippen molar-refractivity contribution in [2.45, 2.75) is 38.4 Å². The van der Waals surface area contributed by atoms with E-state index in [0.717, 1.165) is 15.2 Å². The molecule has 2 aromatic heterocycles. The van der Waals surface area contributed by atoms with E-state index < -0.39 is 36.4 Å². The number of imidazole rings is 1. The van der Waals surface area contributed by atoms with E-state index in [2.05, 4.69) is 10.1 Å². The SMILES string of the molecule is C[C@H](O)c1nc(Cn2cc(-c3ccc(Cl)cc3)n(C[C@H](O)C(F)(F)F)c2=O)nn1-c1ccc(F)c(Cl)c1. The summed E-state index contributed by atoms with van der Waals surface area (Å²) in [5.74, 6) is -0.557. The highest BCUT2D eigenvalue weighted by atomic mass is 35.5. The second-order valence-corrected chi connectivity index (χ2v) is 9.02. The zero-order valence-corrected chi connectivity index (χ0v) is 20.5. The monoisotopic (exact) mass is 559 g/mol. The number of nitrogens with zero attached hydrogens (tertiary/aromatic N) is 5. The summed E-state index contributed by atoms with van der Waals surface area (Å²) in [5.41, 5.74) is -0.0710. The standard InChI is InChI=1S/C23H19Cl2F4N5O3/c1-12(35)21-30-20(31-34(21)15-6-7-17(26)16(25)8-15)11-32-9-18(13-2-4-14(24)5-3-13)33(22(32)37)10-19(36)23(27,28)29/h2-9,12,19,35-36H,10-11H2,1H3/t12-,19-/m0/s1. The molecular weight excluding hydrogens is 541 g/mol. The molecule has 0 aliphatic carbocycles. The van der Waals surface area contributed by atoms with Gasteiger partial charge in [-0.3, -0.25) is 9.13 Å². The smallest absolute Gasteiger partial charge is 0.385 e. The highest BCUT2D eigenvalue weighted by molar-refractivity contribution is 6.31. The molecule has 2 heterocycles. The number of aromatic nitrogens is 5. The minimum absolute atomic E-state index is 0.0367. The number of aliphatic hydroxyl groups is 2. The normalized spacial score (nSPS) is 13.6. The van der Waals surface area contributed by atoms with Crippen LogP contribution >= 0.6 is 23.2 Å². The summed E-state index contributed by atoms with van der Waals surface area (Å²) in [5, 5.41) is 24.3. The Bertz CT molecular complexity index is 1480. The first kappa shape index (κ1) is 26.9. The maximum absolute atomic E-state index is 13.6. The molecular formula is C23H19Cl2F4N5O3. The molecule has 0 fully saturated rings. The van der Waals surface area contributed by atoms with Gasteiger partial charge in [0.2, 0.25) is 0 Å². The van der Waals surface area contributed by atoms with Crippen molar-refractivity contribution in [3.8, 4) is 16.9 Å². The van der Waals surface area contributed by atoms with E-state index in [1.165, 1.54) is 54.2 Å². The van der Waals surface area contributed by atoms with Gasteiger partial charge in [-0.05, 0) is 42.8 Å². The van der Waals surface area contributed by atoms with Gasteiger partial charge in [-0.2, -0.15) is 13.2 Å². The van der Waals surface area contributed by atoms with Gasteiger partial charge < -0.3 is 10.2 Å². The second-order valence-electron chi connectivity index (χ2n) is 8.17. The Morgan fingerprint density at radius 3 is 2.35 bits per heavy atom. The summed E-state index contributed by atoms with van der Waals surface area (Å²) in [6.45, 7) is 0.105. The summed E-state index contributed by atoms with van der Waals surface area (Å²) >= 11 is 11.8. The molecule has 37 heavy (non-hydrogen) atoms. The van der Waals surface area contributed by atoms with Crippen LogP contribution in [-0.4, -0.2) is 46.4 Å². The molecule has 4 aromatic rings. The molecule has 0 saturated heterocycles. The van der Waals surface area contributed by atoms with E-state index >= 15 is 0 Å². The topological polar surface area (TPSA) is 98.1 Å². The fraction of sp³-hybridized carbons (Fsp3) is 0.261. The molecule has 0 aliphatic heterocycles. The Labute approximate surface area is 216 Å². The summed E-state index contributed by atoms with van der Waals surface area (Å²) in [6, 6.07) is 9.82. The van der Waals surface area contributed by atoms with Gasteiger partial charge in [0.1, 0.15) is 11.9 Å². The van der Waals surface area contributed by atoms with Crippen molar-refractivity contribution in [2.75, 3.05) is 0 Å². The number of halogens is 6. The zero-order chi connectivity index (χ0) is 27.1. The molecule has 4 rings (SSSR count). The number of aliphatic hydroxyl groups excluding tert-OH is 2. The summed E-state index contributed by atoms with van der Waals surface area (Å²) in [6.07, 6.45) is -7.53. The number of benzene rings is 2. The van der Waals surface area contributed by atoms with E-state index in [1.807, 2.05) is 0 Å². The van der Waals surface area contributed by atoms with Gasteiger partial charge in [-0.1, -0.05) is 35.3 Å². The van der Waals surface area contributed by atoms with Crippen LogP contribution < -0.4 is 5.69 Å². The van der Waals surface area contributed by atoms with Crippen LogP contribution in [0.1, 0.15) is 24.7 Å². The fourth-order valence-electron chi connectivity index (χ4n) is 3.61. The number of rotatable bonds is 7. The molecule has 0 spiro atoms. The maximum Gasteiger partial charge on any atom is 0.416 e. The Hall–Kier alpha value is -3.19. The lowest BCUT2D eigenvalue weighted by Gasteiger charge is -2.16. The number of hydrogen-bond acceptors (Lipinski definition) is 5. The largest absolute Gasteiger partial charge is 0.416 e. The van der Waals surface area contributed by atoms with E-state index in [0.29, 0.717) is 16.3 Å². The third kappa shape index (κ3) is 5.72. The van der Waals surface area contributed by atoms with Gasteiger partial charge in [0, 0.05) is 11.2 Å². The van der Waals surface area contributed by atoms with Crippen LogP contribution in [0.25, 0.3) is 16.9 Å². The Morgan fingerprint density at radius 1 is 1.08 bits per heavy atom. The van der Waals surface area contributed by atoms with Crippen LogP contribution in [0, 0.1) is 5.82 Å². The van der Waals surface area contributed by atoms with Crippen molar-refractivity contribution in [1.29, 1.82) is 0 Å². The van der Waals surface area contributed by atoms with Gasteiger partial charge in [0.05, 0.1) is 29.5 Å². The first-order valence-corrected chi connectivity index (χ1v) is 11.5. The van der Waals surface area contributed by atoms with Crippen molar-refractivity contribution in [1.82, 2.24) is 23.9 Å². The first-order valence-electron chi connectivity index (χ1n) is 10.7. The van der Waals surface area contributed by atoms with Crippen LogP contribution in [-0.2, 0) is 13.1 Å². The minimum atomic E-state index is -4.94. The highest BCUT2D eigenvalue weighted by Crippen LogP contribution is 2.26. The molecule has 0 saturated carbocycles. The van der Waals surface area contributed by atoms with Crippen LogP contribution in [0.2, 0.25) is 10.0 Å². The van der Waals surface area contributed by atoms with E-state index in [-0.39, 0.29) is 28.9 Å². The molecule has 2 aromatic carbocycles. The zero-order valence-electron chi connectivity index (χ0n) is 19.0. The lowest BCUT2D eigenvalue weighted by molar-refractivity contribution is -0.207. The lowest BCUT2D eigenvalue weighted by atomic mass is 10.1. The second kappa shape index (κ2) is 10.3. The quantitative estimate of drug-likeness (QED) is 0.328. The van der Waals surface area contributed by atoms with E-state index in [1.54, 1.807) is 0 Å². The Balaban J connectivity index is 1.77. The minimum Gasteiger partial charge on any atom is -0.385 e. The van der Waals surface area contributed by atoms with Crippen LogP contribution in [0.3, 0.4) is 0 Å². The predicted molar refractivity (Wildman–Crippen MR) is 127 cm³/mol. The molecule has 0 unspecified atom stereocenters. The van der Waals surface area contributed by atoms with Gasteiger partial charge in [0.15, 0.2) is 17.8 Å². The van der Waals surface area contributed by atoms with Crippen molar-refractivity contribution in [3.63, 3.8) is 0 Å². The first-order chi connectivity index (χ1) is 17.3. The van der Waals surface area contributed by atoms with Crippen LogP contribution in [0.5, 0.6) is 0 Å². The van der Waals surface area contributed by atoms with Gasteiger partial charge in [-0.25, -0.2) is 18.9 Å². The molecule has 0 amide bonds. The predicted octanol–water partition coefficient (Wildman–Crippen LogP) is 4.37. The van der Waals surface area contributed by atoms with Gasteiger partial charge in [0.25, 0.3) is 0 Å². The van der Waals surface area contributed by atoms with Gasteiger partial charge in [-0.15, -0.1) is 5.10 Å². The van der Waals surface area contributed by atoms with Crippen LogP contribution in [0.15, 0.2) is 53.5 Å². The Kier molecular flexibility index (Phi) is 7.47. The summed E-state index contributed by atoms with van der Waals surface area (Å²) in [7, 11) is 0. The molecule has 14 heteroatoms. The third-order valence-electron chi connectivity index (χ3n) is 5.43. The maximum atomic E-state index is 13.6. The average Bonchev–Trinajstić information content (AvgIpc) is 3.38.